The van der Waals surface area contributed by atoms with E-state index in [0.29, 0.717) is 19.7 Å². The fraction of sp³-hybridized carbons (Fsp3) is 0.588. The van der Waals surface area contributed by atoms with Gasteiger partial charge in [0.2, 0.25) is 5.91 Å². The van der Waals surface area contributed by atoms with Crippen molar-refractivity contribution in [3.8, 4) is 0 Å². The lowest BCUT2D eigenvalue weighted by molar-refractivity contribution is -0.148. The van der Waals surface area contributed by atoms with Gasteiger partial charge >= 0.3 is 0 Å². The standard InChI is InChI=1S/C17H26N2O2/c1-12-7-5-6-8-15(12)16-10-19(14(3)11-21-16)17(20)13(2)9-18-4/h5-8,13-14,16,18H,9-11H2,1-4H3/t13-,14+,16+/m0/s1. The Bertz CT molecular complexity index is 489. The molecule has 1 aliphatic rings. The molecular formula is C17H26N2O2. The van der Waals surface area contributed by atoms with Gasteiger partial charge in [-0.05, 0) is 32.0 Å². The molecule has 0 unspecified atom stereocenters. The first kappa shape index (κ1) is 16.0. The van der Waals surface area contributed by atoms with E-state index >= 15 is 0 Å². The Morgan fingerprint density at radius 3 is 2.86 bits per heavy atom. The van der Waals surface area contributed by atoms with Crippen LogP contribution in [-0.2, 0) is 9.53 Å². The number of benzene rings is 1. The monoisotopic (exact) mass is 290 g/mol. The molecule has 0 bridgehead atoms. The molecule has 3 atom stereocenters. The molecule has 116 valence electrons. The summed E-state index contributed by atoms with van der Waals surface area (Å²) in [5.41, 5.74) is 2.40. The van der Waals surface area contributed by atoms with Crippen molar-refractivity contribution < 1.29 is 9.53 Å². The third-order valence-electron chi connectivity index (χ3n) is 4.18. The van der Waals surface area contributed by atoms with Crippen molar-refractivity contribution in [1.29, 1.82) is 0 Å². The van der Waals surface area contributed by atoms with Crippen LogP contribution >= 0.6 is 0 Å². The van der Waals surface area contributed by atoms with Crippen molar-refractivity contribution in [2.45, 2.75) is 32.9 Å². The number of aryl methyl sites for hydroxylation is 1. The van der Waals surface area contributed by atoms with Gasteiger partial charge in [0.25, 0.3) is 0 Å². The van der Waals surface area contributed by atoms with E-state index in [-0.39, 0.29) is 24.0 Å². The van der Waals surface area contributed by atoms with Gasteiger partial charge in [-0.1, -0.05) is 31.2 Å². The Hall–Kier alpha value is -1.39. The van der Waals surface area contributed by atoms with Crippen molar-refractivity contribution in [3.05, 3.63) is 35.4 Å². The second-order valence-electron chi connectivity index (χ2n) is 5.98. The van der Waals surface area contributed by atoms with Gasteiger partial charge in [0.1, 0.15) is 6.10 Å². The molecule has 4 nitrogen and oxygen atoms in total. The van der Waals surface area contributed by atoms with Gasteiger partial charge in [0.15, 0.2) is 0 Å². The summed E-state index contributed by atoms with van der Waals surface area (Å²) < 4.78 is 5.97. The molecule has 0 saturated carbocycles. The van der Waals surface area contributed by atoms with E-state index in [4.69, 9.17) is 4.74 Å². The summed E-state index contributed by atoms with van der Waals surface area (Å²) in [5.74, 6) is 0.201. The molecule has 21 heavy (non-hydrogen) atoms. The normalized spacial score (nSPS) is 23.9. The van der Waals surface area contributed by atoms with Crippen LogP contribution in [0, 0.1) is 12.8 Å². The zero-order chi connectivity index (χ0) is 15.4. The lowest BCUT2D eigenvalue weighted by atomic mass is 10.00. The van der Waals surface area contributed by atoms with Crippen LogP contribution in [0.1, 0.15) is 31.1 Å². The Kier molecular flexibility index (Phi) is 5.37. The first-order chi connectivity index (χ1) is 10.0. The largest absolute Gasteiger partial charge is 0.370 e. The van der Waals surface area contributed by atoms with E-state index < -0.39 is 0 Å². The highest BCUT2D eigenvalue weighted by Crippen LogP contribution is 2.27. The van der Waals surface area contributed by atoms with E-state index in [1.807, 2.05) is 31.0 Å². The van der Waals surface area contributed by atoms with Gasteiger partial charge in [0, 0.05) is 12.5 Å². The topological polar surface area (TPSA) is 41.6 Å². The number of morpholine rings is 1. The summed E-state index contributed by atoms with van der Waals surface area (Å²) in [5, 5.41) is 3.08. The Morgan fingerprint density at radius 2 is 2.19 bits per heavy atom. The predicted octanol–water partition coefficient (Wildman–Crippen LogP) is 2.14. The fourth-order valence-electron chi connectivity index (χ4n) is 2.88. The number of nitrogens with one attached hydrogen (secondary N) is 1. The molecular weight excluding hydrogens is 264 g/mol. The lowest BCUT2D eigenvalue weighted by Crippen LogP contribution is -2.51. The molecule has 2 rings (SSSR count). The van der Waals surface area contributed by atoms with Crippen molar-refractivity contribution >= 4 is 5.91 Å². The number of hydrogen-bond acceptors (Lipinski definition) is 3. The average Bonchev–Trinajstić information content (AvgIpc) is 2.48. The zero-order valence-corrected chi connectivity index (χ0v) is 13.4. The van der Waals surface area contributed by atoms with Crippen molar-refractivity contribution in [1.82, 2.24) is 10.2 Å². The Balaban J connectivity index is 2.12. The SMILES string of the molecule is CNC[C@H](C)C(=O)N1C[C@H](c2ccccc2C)OC[C@H]1C. The second kappa shape index (κ2) is 7.05. The molecule has 1 N–H and O–H groups in total. The van der Waals surface area contributed by atoms with Crippen molar-refractivity contribution in [2.24, 2.45) is 5.92 Å². The molecule has 1 fully saturated rings. The van der Waals surface area contributed by atoms with Gasteiger partial charge in [-0.25, -0.2) is 0 Å². The van der Waals surface area contributed by atoms with E-state index in [1.54, 1.807) is 0 Å². The first-order valence-corrected chi connectivity index (χ1v) is 7.66. The summed E-state index contributed by atoms with van der Waals surface area (Å²) >= 11 is 0. The molecule has 1 aromatic carbocycles. The molecule has 0 spiro atoms. The van der Waals surface area contributed by atoms with E-state index in [2.05, 4.69) is 31.3 Å². The van der Waals surface area contributed by atoms with Crippen LogP contribution in [0.25, 0.3) is 0 Å². The minimum Gasteiger partial charge on any atom is -0.370 e. The Labute approximate surface area is 127 Å². The van der Waals surface area contributed by atoms with Crippen LogP contribution < -0.4 is 5.32 Å². The smallest absolute Gasteiger partial charge is 0.227 e. The van der Waals surface area contributed by atoms with E-state index in [0.717, 1.165) is 0 Å². The maximum absolute atomic E-state index is 12.6. The van der Waals surface area contributed by atoms with Crippen molar-refractivity contribution in [3.63, 3.8) is 0 Å². The number of rotatable bonds is 4. The molecule has 1 saturated heterocycles. The van der Waals surface area contributed by atoms with Gasteiger partial charge < -0.3 is 15.0 Å². The van der Waals surface area contributed by atoms with Crippen LogP contribution in [0.2, 0.25) is 0 Å². The number of carbonyl (C=O) groups excluding carboxylic acids is 1. The summed E-state index contributed by atoms with van der Waals surface area (Å²) in [6.45, 7) is 8.06. The van der Waals surface area contributed by atoms with E-state index in [1.165, 1.54) is 11.1 Å². The lowest BCUT2D eigenvalue weighted by Gasteiger charge is -2.39. The predicted molar refractivity (Wildman–Crippen MR) is 84.1 cm³/mol. The third-order valence-corrected chi connectivity index (χ3v) is 4.18. The number of amides is 1. The van der Waals surface area contributed by atoms with Gasteiger partial charge in [0.05, 0.1) is 19.2 Å². The summed E-state index contributed by atoms with van der Waals surface area (Å²) in [6, 6.07) is 8.38. The molecule has 4 heteroatoms. The maximum atomic E-state index is 12.6. The van der Waals surface area contributed by atoms with E-state index in [9.17, 15) is 4.79 Å². The summed E-state index contributed by atoms with van der Waals surface area (Å²) in [7, 11) is 1.88. The van der Waals surface area contributed by atoms with Gasteiger partial charge in [-0.3, -0.25) is 4.79 Å². The molecule has 1 aliphatic heterocycles. The van der Waals surface area contributed by atoms with Gasteiger partial charge in [-0.2, -0.15) is 0 Å². The highest BCUT2D eigenvalue weighted by atomic mass is 16.5. The van der Waals surface area contributed by atoms with Crippen LogP contribution in [0.4, 0.5) is 0 Å². The highest BCUT2D eigenvalue weighted by Gasteiger charge is 2.32. The van der Waals surface area contributed by atoms with Crippen molar-refractivity contribution in [2.75, 3.05) is 26.7 Å². The average molecular weight is 290 g/mol. The number of nitrogens with zero attached hydrogens (tertiary/aromatic N) is 1. The molecule has 1 heterocycles. The summed E-state index contributed by atoms with van der Waals surface area (Å²) in [4.78, 5) is 14.6. The quantitative estimate of drug-likeness (QED) is 0.924. The van der Waals surface area contributed by atoms with Crippen LogP contribution in [0.3, 0.4) is 0 Å². The summed E-state index contributed by atoms with van der Waals surface area (Å²) in [6.07, 6.45) is -0.0202. The minimum atomic E-state index is -0.0202. The maximum Gasteiger partial charge on any atom is 0.227 e. The van der Waals surface area contributed by atoms with Crippen LogP contribution in [0.15, 0.2) is 24.3 Å². The molecule has 0 aromatic heterocycles. The first-order valence-electron chi connectivity index (χ1n) is 7.66. The number of hydrogen-bond donors (Lipinski definition) is 1. The second-order valence-corrected chi connectivity index (χ2v) is 5.98. The number of carbonyl (C=O) groups is 1. The van der Waals surface area contributed by atoms with Gasteiger partial charge in [-0.15, -0.1) is 0 Å². The molecule has 1 amide bonds. The molecule has 1 aromatic rings. The number of ether oxygens (including phenoxy) is 1. The highest BCUT2D eigenvalue weighted by molar-refractivity contribution is 5.79. The van der Waals surface area contributed by atoms with Crippen LogP contribution in [-0.4, -0.2) is 43.6 Å². The fourth-order valence-corrected chi connectivity index (χ4v) is 2.88. The molecule has 0 radical (unpaired) electrons. The zero-order valence-electron chi connectivity index (χ0n) is 13.4. The third kappa shape index (κ3) is 3.63. The van der Waals surface area contributed by atoms with Crippen LogP contribution in [0.5, 0.6) is 0 Å². The Morgan fingerprint density at radius 1 is 1.48 bits per heavy atom. The minimum absolute atomic E-state index is 0.00642. The molecule has 0 aliphatic carbocycles.